The maximum Gasteiger partial charge on any atom is 0.157 e. The second kappa shape index (κ2) is 6.19. The molecule has 0 bridgehead atoms. The third-order valence-corrected chi connectivity index (χ3v) is 4.17. The highest BCUT2D eigenvalue weighted by molar-refractivity contribution is 5.27. The number of ether oxygens (including phenoxy) is 1. The van der Waals surface area contributed by atoms with E-state index in [1.165, 1.54) is 11.3 Å². The van der Waals surface area contributed by atoms with Gasteiger partial charge in [0.15, 0.2) is 5.82 Å². The topological polar surface area (TPSA) is 47.0 Å². The van der Waals surface area contributed by atoms with Gasteiger partial charge in [-0.05, 0) is 31.7 Å². The number of rotatable bonds is 5. The van der Waals surface area contributed by atoms with Gasteiger partial charge in [0.2, 0.25) is 0 Å². The highest BCUT2D eigenvalue weighted by atomic mass is 16.5. The first kappa shape index (κ1) is 15.4. The molecule has 1 aromatic rings. The summed E-state index contributed by atoms with van der Waals surface area (Å²) in [6.07, 6.45) is 6.19. The molecule has 0 radical (unpaired) electrons. The molecule has 0 aliphatic heterocycles. The molecule has 0 amide bonds. The molecule has 112 valence electrons. The molecule has 20 heavy (non-hydrogen) atoms. The molecular weight excluding hydrogens is 250 g/mol. The molecular formula is C16H27N3O. The van der Waals surface area contributed by atoms with Gasteiger partial charge in [-0.15, -0.1) is 0 Å². The summed E-state index contributed by atoms with van der Waals surface area (Å²) in [4.78, 5) is 9.37. The van der Waals surface area contributed by atoms with Crippen LogP contribution in [0.5, 0.6) is 0 Å². The second-order valence-electron chi connectivity index (χ2n) is 6.53. The van der Waals surface area contributed by atoms with Gasteiger partial charge in [0.1, 0.15) is 6.10 Å². The highest BCUT2D eigenvalue weighted by Crippen LogP contribution is 2.39. The third-order valence-electron chi connectivity index (χ3n) is 4.17. The highest BCUT2D eigenvalue weighted by Gasteiger charge is 2.33. The minimum atomic E-state index is 0.0170. The van der Waals surface area contributed by atoms with Crippen molar-refractivity contribution in [3.63, 3.8) is 0 Å². The average Bonchev–Trinajstić information content (AvgIpc) is 2.42. The normalized spacial score (nSPS) is 22.4. The fraction of sp³-hybridized carbons (Fsp3) is 0.750. The van der Waals surface area contributed by atoms with Crippen molar-refractivity contribution < 1.29 is 4.74 Å². The molecule has 1 N–H and O–H groups in total. The molecule has 2 rings (SSSR count). The number of hydrogen-bond acceptors (Lipinski definition) is 4. The average molecular weight is 277 g/mol. The zero-order valence-corrected chi connectivity index (χ0v) is 13.4. The summed E-state index contributed by atoms with van der Waals surface area (Å²) < 4.78 is 5.53. The first-order chi connectivity index (χ1) is 9.50. The van der Waals surface area contributed by atoms with E-state index in [-0.39, 0.29) is 11.5 Å². The molecule has 0 fully saturated rings. The molecule has 0 saturated carbocycles. The summed E-state index contributed by atoms with van der Waals surface area (Å²) in [7, 11) is 3.75. The molecule has 0 saturated heterocycles. The Bertz CT molecular complexity index is 459. The predicted molar refractivity (Wildman–Crippen MR) is 80.6 cm³/mol. The number of hydrogen-bond donors (Lipinski definition) is 1. The van der Waals surface area contributed by atoms with Crippen LogP contribution in [0.15, 0.2) is 6.20 Å². The van der Waals surface area contributed by atoms with Gasteiger partial charge in [-0.3, -0.25) is 0 Å². The maximum atomic E-state index is 5.53. The van der Waals surface area contributed by atoms with Crippen LogP contribution in [0.2, 0.25) is 0 Å². The molecule has 1 aliphatic carbocycles. The monoisotopic (exact) mass is 277 g/mol. The van der Waals surface area contributed by atoms with Crippen LogP contribution in [0, 0.1) is 5.41 Å². The molecule has 1 aliphatic rings. The van der Waals surface area contributed by atoms with Gasteiger partial charge in [0, 0.05) is 30.6 Å². The van der Waals surface area contributed by atoms with E-state index in [0.29, 0.717) is 6.04 Å². The van der Waals surface area contributed by atoms with Gasteiger partial charge < -0.3 is 10.1 Å². The van der Waals surface area contributed by atoms with E-state index in [1.807, 2.05) is 13.2 Å². The fourth-order valence-electron chi connectivity index (χ4n) is 3.09. The van der Waals surface area contributed by atoms with Gasteiger partial charge in [-0.2, -0.15) is 0 Å². The molecule has 1 heterocycles. The summed E-state index contributed by atoms with van der Waals surface area (Å²) in [6.45, 7) is 6.77. The summed E-state index contributed by atoms with van der Waals surface area (Å²) in [5.41, 5.74) is 2.71. The Hall–Kier alpha value is -1.00. The molecule has 0 spiro atoms. The van der Waals surface area contributed by atoms with Crippen molar-refractivity contribution in [3.8, 4) is 0 Å². The molecule has 0 aromatic carbocycles. The van der Waals surface area contributed by atoms with Gasteiger partial charge in [0.25, 0.3) is 0 Å². The largest absolute Gasteiger partial charge is 0.373 e. The van der Waals surface area contributed by atoms with E-state index in [4.69, 9.17) is 9.72 Å². The lowest BCUT2D eigenvalue weighted by molar-refractivity contribution is 0.0869. The van der Waals surface area contributed by atoms with Crippen LogP contribution in [0.3, 0.4) is 0 Å². The first-order valence-electron chi connectivity index (χ1n) is 7.56. The fourth-order valence-corrected chi connectivity index (χ4v) is 3.09. The number of methoxy groups -OCH3 is 1. The number of aromatic nitrogens is 2. The Labute approximate surface area is 122 Å². The van der Waals surface area contributed by atoms with E-state index < -0.39 is 0 Å². The minimum absolute atomic E-state index is 0.0170. The lowest BCUT2D eigenvalue weighted by atomic mass is 9.74. The van der Waals surface area contributed by atoms with Gasteiger partial charge in [-0.1, -0.05) is 27.2 Å². The van der Waals surface area contributed by atoms with Crippen LogP contribution in [0.4, 0.5) is 0 Å². The SMILES string of the molecule is CCCC(OC)c1ncc2c(n1)CC(C)(C)CC2NC. The first-order valence-corrected chi connectivity index (χ1v) is 7.56. The quantitative estimate of drug-likeness (QED) is 0.898. The van der Waals surface area contributed by atoms with Crippen molar-refractivity contribution in [2.75, 3.05) is 14.2 Å². The van der Waals surface area contributed by atoms with E-state index in [1.54, 1.807) is 7.11 Å². The standard InChI is InChI=1S/C16H27N3O/c1-6-7-14(20-5)15-18-10-11-12(17-4)8-16(2,3)9-13(11)19-15/h10,12,14,17H,6-9H2,1-5H3. The van der Waals surface area contributed by atoms with E-state index in [2.05, 4.69) is 31.1 Å². The molecule has 4 heteroatoms. The maximum absolute atomic E-state index is 5.53. The number of nitrogens with one attached hydrogen (secondary N) is 1. The van der Waals surface area contributed by atoms with Crippen molar-refractivity contribution in [1.29, 1.82) is 0 Å². The van der Waals surface area contributed by atoms with Crippen molar-refractivity contribution in [2.45, 2.75) is 58.6 Å². The van der Waals surface area contributed by atoms with Gasteiger partial charge in [0.05, 0.1) is 0 Å². The van der Waals surface area contributed by atoms with Crippen molar-refractivity contribution >= 4 is 0 Å². The molecule has 4 nitrogen and oxygen atoms in total. The predicted octanol–water partition coefficient (Wildman–Crippen LogP) is 3.20. The van der Waals surface area contributed by atoms with Crippen LogP contribution >= 0.6 is 0 Å². The summed E-state index contributed by atoms with van der Waals surface area (Å²) in [5.74, 6) is 0.834. The van der Waals surface area contributed by atoms with Crippen LogP contribution in [0.1, 0.15) is 69.3 Å². The van der Waals surface area contributed by atoms with Crippen LogP contribution in [0.25, 0.3) is 0 Å². The Balaban J connectivity index is 2.34. The number of fused-ring (bicyclic) bond motifs is 1. The van der Waals surface area contributed by atoms with Gasteiger partial charge in [-0.25, -0.2) is 9.97 Å². The van der Waals surface area contributed by atoms with Crippen LogP contribution in [-0.2, 0) is 11.2 Å². The van der Waals surface area contributed by atoms with Gasteiger partial charge >= 0.3 is 0 Å². The van der Waals surface area contributed by atoms with E-state index >= 15 is 0 Å². The van der Waals surface area contributed by atoms with Crippen LogP contribution in [-0.4, -0.2) is 24.1 Å². The third kappa shape index (κ3) is 3.18. The number of nitrogens with zero attached hydrogens (tertiary/aromatic N) is 2. The lowest BCUT2D eigenvalue weighted by Crippen LogP contribution is -2.33. The summed E-state index contributed by atoms with van der Waals surface area (Å²) >= 11 is 0. The Morgan fingerprint density at radius 1 is 1.50 bits per heavy atom. The summed E-state index contributed by atoms with van der Waals surface area (Å²) in [6, 6.07) is 0.356. The van der Waals surface area contributed by atoms with Crippen LogP contribution < -0.4 is 5.32 Å². The van der Waals surface area contributed by atoms with Crippen molar-refractivity contribution in [3.05, 3.63) is 23.3 Å². The second-order valence-corrected chi connectivity index (χ2v) is 6.53. The lowest BCUT2D eigenvalue weighted by Gasteiger charge is -2.36. The minimum Gasteiger partial charge on any atom is -0.373 e. The van der Waals surface area contributed by atoms with Crippen molar-refractivity contribution in [2.24, 2.45) is 5.41 Å². The Morgan fingerprint density at radius 2 is 2.25 bits per heavy atom. The molecule has 1 aromatic heterocycles. The zero-order chi connectivity index (χ0) is 14.8. The molecule has 2 atom stereocenters. The molecule has 2 unspecified atom stereocenters. The van der Waals surface area contributed by atoms with Crippen molar-refractivity contribution in [1.82, 2.24) is 15.3 Å². The Morgan fingerprint density at radius 3 is 2.85 bits per heavy atom. The zero-order valence-electron chi connectivity index (χ0n) is 13.4. The Kier molecular flexibility index (Phi) is 4.76. The smallest absolute Gasteiger partial charge is 0.157 e. The van der Waals surface area contributed by atoms with E-state index in [0.717, 1.165) is 31.5 Å². The summed E-state index contributed by atoms with van der Waals surface area (Å²) in [5, 5.41) is 3.39. The van der Waals surface area contributed by atoms with E-state index in [9.17, 15) is 0 Å².